The Labute approximate surface area is 129 Å². The Morgan fingerprint density at radius 2 is 2.29 bits per heavy atom. The van der Waals surface area contributed by atoms with Crippen molar-refractivity contribution in [3.63, 3.8) is 0 Å². The molecule has 1 amide bonds. The third-order valence-electron chi connectivity index (χ3n) is 3.64. The van der Waals surface area contributed by atoms with Gasteiger partial charge in [0.05, 0.1) is 30.4 Å². The minimum atomic E-state index is -0.719. The lowest BCUT2D eigenvalue weighted by Crippen LogP contribution is -2.43. The van der Waals surface area contributed by atoms with E-state index in [9.17, 15) is 14.3 Å². The largest absolute Gasteiger partial charge is 0.388 e. The van der Waals surface area contributed by atoms with Crippen molar-refractivity contribution in [2.75, 3.05) is 20.3 Å². The fraction of sp³-hybridized carbons (Fsp3) is 0.357. The van der Waals surface area contributed by atoms with Crippen molar-refractivity contribution in [2.24, 2.45) is 0 Å². The van der Waals surface area contributed by atoms with Gasteiger partial charge in [-0.1, -0.05) is 17.7 Å². The summed E-state index contributed by atoms with van der Waals surface area (Å²) in [5, 5.41) is 10.2. The Bertz CT molecular complexity index is 705. The van der Waals surface area contributed by atoms with Crippen LogP contribution in [0.4, 0.5) is 4.39 Å². The predicted octanol–water partition coefficient (Wildman–Crippen LogP) is 2.53. The van der Waals surface area contributed by atoms with Crippen molar-refractivity contribution in [1.82, 2.24) is 4.90 Å². The first kappa shape index (κ1) is 14.7. The van der Waals surface area contributed by atoms with Crippen molar-refractivity contribution >= 4 is 38.9 Å². The highest BCUT2D eigenvalue weighted by atomic mass is 35.5. The number of carbonyl (C=O) groups is 1. The molecule has 0 radical (unpaired) electrons. The van der Waals surface area contributed by atoms with Gasteiger partial charge < -0.3 is 14.7 Å². The molecule has 1 aromatic carbocycles. The quantitative estimate of drug-likeness (QED) is 0.921. The van der Waals surface area contributed by atoms with Gasteiger partial charge in [0.15, 0.2) is 0 Å². The predicted molar refractivity (Wildman–Crippen MR) is 79.5 cm³/mol. The molecule has 7 heteroatoms. The van der Waals surface area contributed by atoms with Gasteiger partial charge in [-0.2, -0.15) is 0 Å². The monoisotopic (exact) mass is 329 g/mol. The third kappa shape index (κ3) is 2.42. The maximum absolute atomic E-state index is 13.8. The molecule has 0 unspecified atom stereocenters. The number of fused-ring (bicyclic) bond motifs is 1. The maximum atomic E-state index is 13.8. The summed E-state index contributed by atoms with van der Waals surface area (Å²) in [6, 6.07) is 4.20. The SMILES string of the molecule is CN(C(=O)c1sc2cccc(F)c2c1Cl)[C@@H]1COC[C@H]1O. The molecule has 0 aliphatic carbocycles. The maximum Gasteiger partial charge on any atom is 0.265 e. The molecule has 1 aromatic heterocycles. The molecule has 2 atom stereocenters. The van der Waals surface area contributed by atoms with Gasteiger partial charge in [-0.25, -0.2) is 4.39 Å². The van der Waals surface area contributed by atoms with Crippen LogP contribution in [-0.4, -0.2) is 48.3 Å². The molecule has 1 saturated heterocycles. The molecule has 1 aliphatic heterocycles. The molecule has 112 valence electrons. The van der Waals surface area contributed by atoms with Crippen LogP contribution in [0.2, 0.25) is 5.02 Å². The van der Waals surface area contributed by atoms with Crippen LogP contribution in [0, 0.1) is 5.82 Å². The number of halogens is 2. The van der Waals surface area contributed by atoms with Gasteiger partial charge in [0, 0.05) is 17.1 Å². The first-order valence-corrected chi connectivity index (χ1v) is 7.59. The van der Waals surface area contributed by atoms with E-state index in [1.54, 1.807) is 19.2 Å². The van der Waals surface area contributed by atoms with E-state index in [1.807, 2.05) is 0 Å². The van der Waals surface area contributed by atoms with Crippen LogP contribution in [0.25, 0.3) is 10.1 Å². The fourth-order valence-corrected chi connectivity index (χ4v) is 3.96. The van der Waals surface area contributed by atoms with Gasteiger partial charge in [0.25, 0.3) is 5.91 Å². The van der Waals surface area contributed by atoms with Crippen molar-refractivity contribution in [3.8, 4) is 0 Å². The Morgan fingerprint density at radius 1 is 1.52 bits per heavy atom. The lowest BCUT2D eigenvalue weighted by atomic mass is 10.2. The first-order chi connectivity index (χ1) is 10.0. The van der Waals surface area contributed by atoms with E-state index in [2.05, 4.69) is 0 Å². The van der Waals surface area contributed by atoms with E-state index in [1.165, 1.54) is 11.0 Å². The number of carbonyl (C=O) groups excluding carboxylic acids is 1. The van der Waals surface area contributed by atoms with Gasteiger partial charge in [0.2, 0.25) is 0 Å². The normalized spacial score (nSPS) is 21.9. The van der Waals surface area contributed by atoms with E-state index < -0.39 is 18.0 Å². The van der Waals surface area contributed by atoms with Gasteiger partial charge in [0.1, 0.15) is 10.7 Å². The smallest absolute Gasteiger partial charge is 0.265 e. The standard InChI is InChI=1S/C14H13ClFNO3S/c1-17(8-5-20-6-9(8)18)14(19)13-12(15)11-7(16)3-2-4-10(11)21-13/h2-4,8-9,18H,5-6H2,1H3/t8-,9-/m1/s1. The number of benzene rings is 1. The Morgan fingerprint density at radius 3 is 2.90 bits per heavy atom. The lowest BCUT2D eigenvalue weighted by molar-refractivity contribution is 0.0586. The second-order valence-electron chi connectivity index (χ2n) is 4.95. The lowest BCUT2D eigenvalue weighted by Gasteiger charge is -2.25. The minimum Gasteiger partial charge on any atom is -0.388 e. The molecule has 0 bridgehead atoms. The molecule has 3 rings (SSSR count). The summed E-state index contributed by atoms with van der Waals surface area (Å²) in [4.78, 5) is 14.2. The second-order valence-corrected chi connectivity index (χ2v) is 6.38. The first-order valence-electron chi connectivity index (χ1n) is 6.40. The van der Waals surface area contributed by atoms with Crippen LogP contribution in [-0.2, 0) is 4.74 Å². The van der Waals surface area contributed by atoms with Crippen LogP contribution in [0.15, 0.2) is 18.2 Å². The number of hydrogen-bond acceptors (Lipinski definition) is 4. The van der Waals surface area contributed by atoms with E-state index in [0.717, 1.165) is 11.3 Å². The highest BCUT2D eigenvalue weighted by Gasteiger charge is 2.34. The number of rotatable bonds is 2. The minimum absolute atomic E-state index is 0.123. The van der Waals surface area contributed by atoms with Crippen molar-refractivity contribution in [2.45, 2.75) is 12.1 Å². The molecule has 0 spiro atoms. The fourth-order valence-electron chi connectivity index (χ4n) is 2.42. The summed E-state index contributed by atoms with van der Waals surface area (Å²) >= 11 is 7.32. The van der Waals surface area contributed by atoms with Crippen LogP contribution >= 0.6 is 22.9 Å². The van der Waals surface area contributed by atoms with E-state index in [4.69, 9.17) is 16.3 Å². The number of thiophene rings is 1. The van der Waals surface area contributed by atoms with E-state index >= 15 is 0 Å². The van der Waals surface area contributed by atoms with Crippen LogP contribution in [0.5, 0.6) is 0 Å². The molecule has 0 saturated carbocycles. The van der Waals surface area contributed by atoms with Crippen LogP contribution in [0.3, 0.4) is 0 Å². The molecule has 1 aliphatic rings. The zero-order valence-corrected chi connectivity index (χ0v) is 12.7. The zero-order valence-electron chi connectivity index (χ0n) is 11.2. The summed E-state index contributed by atoms with van der Waals surface area (Å²) in [5.74, 6) is -0.783. The number of aliphatic hydroxyl groups excluding tert-OH is 1. The van der Waals surface area contributed by atoms with Crippen LogP contribution < -0.4 is 0 Å². The average Bonchev–Trinajstić information content (AvgIpc) is 3.02. The number of amides is 1. The summed E-state index contributed by atoms with van der Waals surface area (Å²) < 4.78 is 19.6. The Kier molecular flexibility index (Phi) is 3.88. The molecule has 4 nitrogen and oxygen atoms in total. The molecular weight excluding hydrogens is 317 g/mol. The van der Waals surface area contributed by atoms with Crippen LogP contribution in [0.1, 0.15) is 9.67 Å². The molecule has 2 heterocycles. The number of ether oxygens (including phenoxy) is 1. The average molecular weight is 330 g/mol. The highest BCUT2D eigenvalue weighted by molar-refractivity contribution is 7.21. The number of nitrogens with zero attached hydrogens (tertiary/aromatic N) is 1. The van der Waals surface area contributed by atoms with Gasteiger partial charge in [-0.15, -0.1) is 11.3 Å². The number of likely N-dealkylation sites (N-methyl/N-ethyl adjacent to an activating group) is 1. The molecule has 2 aromatic rings. The summed E-state index contributed by atoms with van der Waals surface area (Å²) in [7, 11) is 1.59. The van der Waals surface area contributed by atoms with Crippen molar-refractivity contribution in [3.05, 3.63) is 33.9 Å². The van der Waals surface area contributed by atoms with Crippen molar-refractivity contribution < 1.29 is 19.0 Å². The van der Waals surface area contributed by atoms with Crippen molar-refractivity contribution in [1.29, 1.82) is 0 Å². The van der Waals surface area contributed by atoms with E-state index in [-0.39, 0.29) is 34.4 Å². The second kappa shape index (κ2) is 5.53. The number of aliphatic hydroxyl groups is 1. The summed E-state index contributed by atoms with van der Waals surface area (Å²) in [6.45, 7) is 0.483. The van der Waals surface area contributed by atoms with Gasteiger partial charge >= 0.3 is 0 Å². The summed E-state index contributed by atoms with van der Waals surface area (Å²) in [5.41, 5.74) is 0. The third-order valence-corrected chi connectivity index (χ3v) is 5.27. The molecule has 1 N–H and O–H groups in total. The summed E-state index contributed by atoms with van der Waals surface area (Å²) in [6.07, 6.45) is -0.719. The zero-order chi connectivity index (χ0) is 15.1. The molecular formula is C14H13ClFNO3S. The Hall–Kier alpha value is -1.21. The highest BCUT2D eigenvalue weighted by Crippen LogP contribution is 2.37. The topological polar surface area (TPSA) is 49.8 Å². The van der Waals surface area contributed by atoms with Gasteiger partial charge in [-0.05, 0) is 12.1 Å². The Balaban J connectivity index is 1.98. The molecule has 21 heavy (non-hydrogen) atoms. The molecule has 1 fully saturated rings. The van der Waals surface area contributed by atoms with E-state index in [0.29, 0.717) is 4.70 Å². The number of hydrogen-bond donors (Lipinski definition) is 1. The van der Waals surface area contributed by atoms with Gasteiger partial charge in [-0.3, -0.25) is 4.79 Å².